The molecule has 16 heavy (non-hydrogen) atoms. The Morgan fingerprint density at radius 2 is 2.12 bits per heavy atom. The number of rotatable bonds is 3. The molecule has 7 nitrogen and oxygen atoms in total. The average molecular weight is 225 g/mol. The van der Waals surface area contributed by atoms with Crippen LogP contribution < -0.4 is 0 Å². The molecule has 1 aromatic rings. The molecule has 1 aliphatic carbocycles. The highest BCUT2D eigenvalue weighted by molar-refractivity contribution is 5.90. The second-order valence-electron chi connectivity index (χ2n) is 3.88. The lowest BCUT2D eigenvalue weighted by molar-refractivity contribution is -0.386. The summed E-state index contributed by atoms with van der Waals surface area (Å²) >= 11 is 0. The topological polar surface area (TPSA) is 109 Å². The summed E-state index contributed by atoms with van der Waals surface area (Å²) in [6.07, 6.45) is 3.70. The van der Waals surface area contributed by atoms with Gasteiger partial charge in [-0.25, -0.2) is 4.79 Å². The van der Waals surface area contributed by atoms with E-state index in [-0.39, 0.29) is 11.6 Å². The lowest BCUT2D eigenvalue weighted by Crippen LogP contribution is -2.03. The Labute approximate surface area is 90.6 Å². The van der Waals surface area contributed by atoms with E-state index in [1.165, 1.54) is 0 Å². The first-order chi connectivity index (χ1) is 7.61. The number of nitrogens with one attached hydrogen (secondary N) is 1. The first kappa shape index (κ1) is 10.6. The highest BCUT2D eigenvalue weighted by atomic mass is 16.6. The Morgan fingerprint density at radius 3 is 2.62 bits per heavy atom. The van der Waals surface area contributed by atoms with Crippen molar-refractivity contribution in [1.29, 1.82) is 0 Å². The van der Waals surface area contributed by atoms with Crippen LogP contribution in [0.25, 0.3) is 0 Å². The number of hydrogen-bond acceptors (Lipinski definition) is 4. The summed E-state index contributed by atoms with van der Waals surface area (Å²) in [5.74, 6) is -1.33. The third-order valence-electron chi connectivity index (χ3n) is 2.91. The minimum absolute atomic E-state index is 0.0183. The maximum atomic E-state index is 10.8. The Kier molecular flexibility index (Phi) is 2.59. The summed E-state index contributed by atoms with van der Waals surface area (Å²) in [5.41, 5.74) is -0.508. The van der Waals surface area contributed by atoms with Crippen LogP contribution in [0.15, 0.2) is 0 Å². The lowest BCUT2D eigenvalue weighted by atomic mass is 10.0. The van der Waals surface area contributed by atoms with Crippen LogP contribution in [0.3, 0.4) is 0 Å². The standard InChI is InChI=1S/C9H11N3O4/c13-9(14)7-8(12(15)16)6(10-11-7)5-3-1-2-4-5/h5H,1-4H2,(H,10,11)(H,13,14). The number of carboxylic acid groups (broad SMARTS) is 1. The van der Waals surface area contributed by atoms with Crippen molar-refractivity contribution in [3.05, 3.63) is 21.5 Å². The number of aromatic amines is 1. The van der Waals surface area contributed by atoms with Crippen LogP contribution in [0.1, 0.15) is 47.8 Å². The summed E-state index contributed by atoms with van der Waals surface area (Å²) in [6, 6.07) is 0. The molecule has 0 aromatic carbocycles. The second-order valence-corrected chi connectivity index (χ2v) is 3.88. The molecule has 0 radical (unpaired) electrons. The van der Waals surface area contributed by atoms with Gasteiger partial charge in [0.1, 0.15) is 5.69 Å². The van der Waals surface area contributed by atoms with Gasteiger partial charge in [-0.15, -0.1) is 0 Å². The van der Waals surface area contributed by atoms with Crippen molar-refractivity contribution in [2.75, 3.05) is 0 Å². The third kappa shape index (κ3) is 1.64. The molecule has 0 unspecified atom stereocenters. The van der Waals surface area contributed by atoms with E-state index >= 15 is 0 Å². The monoisotopic (exact) mass is 225 g/mol. The second kappa shape index (κ2) is 3.92. The van der Waals surface area contributed by atoms with Gasteiger partial charge in [0.25, 0.3) is 0 Å². The molecule has 1 saturated carbocycles. The molecule has 1 aromatic heterocycles. The van der Waals surface area contributed by atoms with Crippen LogP contribution in [-0.2, 0) is 0 Å². The van der Waals surface area contributed by atoms with Crippen molar-refractivity contribution in [2.45, 2.75) is 31.6 Å². The summed E-state index contributed by atoms with van der Waals surface area (Å²) in [7, 11) is 0. The molecule has 1 fully saturated rings. The van der Waals surface area contributed by atoms with Crippen molar-refractivity contribution >= 4 is 11.7 Å². The number of nitrogens with zero attached hydrogens (tertiary/aromatic N) is 2. The number of carbonyl (C=O) groups is 1. The molecule has 0 aliphatic heterocycles. The fourth-order valence-electron chi connectivity index (χ4n) is 2.17. The van der Waals surface area contributed by atoms with Gasteiger partial charge in [0, 0.05) is 5.92 Å². The Morgan fingerprint density at radius 1 is 1.50 bits per heavy atom. The summed E-state index contributed by atoms with van der Waals surface area (Å²) in [4.78, 5) is 21.0. The number of nitro groups is 1. The van der Waals surface area contributed by atoms with Crippen LogP contribution in [0, 0.1) is 10.1 Å². The zero-order valence-electron chi connectivity index (χ0n) is 8.47. The SMILES string of the molecule is O=C(O)c1[nH]nc(C2CCCC2)c1[N+](=O)[O-]. The summed E-state index contributed by atoms with van der Waals surface area (Å²) in [6.45, 7) is 0. The fourth-order valence-corrected chi connectivity index (χ4v) is 2.17. The number of hydrogen-bond donors (Lipinski definition) is 2. The van der Waals surface area contributed by atoms with E-state index in [1.807, 2.05) is 0 Å². The number of aromatic carboxylic acids is 1. The normalized spacial score (nSPS) is 16.5. The maximum Gasteiger partial charge on any atom is 0.361 e. The van der Waals surface area contributed by atoms with Gasteiger partial charge in [0.2, 0.25) is 5.69 Å². The predicted molar refractivity (Wildman–Crippen MR) is 53.4 cm³/mol. The molecule has 0 atom stereocenters. The van der Waals surface area contributed by atoms with Crippen molar-refractivity contribution in [3.8, 4) is 0 Å². The van der Waals surface area contributed by atoms with Crippen molar-refractivity contribution in [3.63, 3.8) is 0 Å². The number of aromatic nitrogens is 2. The van der Waals surface area contributed by atoms with Gasteiger partial charge in [0.15, 0.2) is 0 Å². The molecular weight excluding hydrogens is 214 g/mol. The van der Waals surface area contributed by atoms with E-state index < -0.39 is 16.6 Å². The van der Waals surface area contributed by atoms with E-state index in [9.17, 15) is 14.9 Å². The average Bonchev–Trinajstić information content (AvgIpc) is 2.85. The lowest BCUT2D eigenvalue weighted by Gasteiger charge is -2.03. The molecule has 7 heteroatoms. The van der Waals surface area contributed by atoms with Crippen molar-refractivity contribution < 1.29 is 14.8 Å². The number of H-pyrrole nitrogens is 1. The highest BCUT2D eigenvalue weighted by Gasteiger charge is 2.34. The summed E-state index contributed by atoms with van der Waals surface area (Å²) < 4.78 is 0. The Hall–Kier alpha value is -1.92. The smallest absolute Gasteiger partial charge is 0.361 e. The highest BCUT2D eigenvalue weighted by Crippen LogP contribution is 2.38. The molecule has 1 aliphatic rings. The number of carboxylic acids is 1. The van der Waals surface area contributed by atoms with E-state index in [1.54, 1.807) is 0 Å². The summed E-state index contributed by atoms with van der Waals surface area (Å²) in [5, 5.41) is 25.7. The van der Waals surface area contributed by atoms with Crippen molar-refractivity contribution in [1.82, 2.24) is 10.2 Å². The van der Waals surface area contributed by atoms with Crippen LogP contribution in [0.4, 0.5) is 5.69 Å². The van der Waals surface area contributed by atoms with Gasteiger partial charge in [-0.05, 0) is 12.8 Å². The first-order valence-corrected chi connectivity index (χ1v) is 5.07. The first-order valence-electron chi connectivity index (χ1n) is 5.07. The maximum absolute atomic E-state index is 10.8. The van der Waals surface area contributed by atoms with Crippen LogP contribution >= 0.6 is 0 Å². The zero-order valence-corrected chi connectivity index (χ0v) is 8.47. The van der Waals surface area contributed by atoms with Crippen LogP contribution in [-0.4, -0.2) is 26.2 Å². The molecule has 86 valence electrons. The van der Waals surface area contributed by atoms with Gasteiger partial charge in [-0.1, -0.05) is 12.8 Å². The molecule has 0 bridgehead atoms. The Bertz CT molecular complexity index is 434. The predicted octanol–water partition coefficient (Wildman–Crippen LogP) is 1.67. The van der Waals surface area contributed by atoms with E-state index in [4.69, 9.17) is 5.11 Å². The molecule has 0 spiro atoms. The van der Waals surface area contributed by atoms with Gasteiger partial charge < -0.3 is 5.11 Å². The molecule has 1 heterocycles. The van der Waals surface area contributed by atoms with Crippen LogP contribution in [0.5, 0.6) is 0 Å². The van der Waals surface area contributed by atoms with Gasteiger partial charge >= 0.3 is 11.7 Å². The molecule has 2 N–H and O–H groups in total. The fraction of sp³-hybridized carbons (Fsp3) is 0.556. The molecule has 2 rings (SSSR count). The van der Waals surface area contributed by atoms with Gasteiger partial charge in [-0.3, -0.25) is 15.2 Å². The third-order valence-corrected chi connectivity index (χ3v) is 2.91. The quantitative estimate of drug-likeness (QED) is 0.600. The van der Waals surface area contributed by atoms with E-state index in [2.05, 4.69) is 10.2 Å². The van der Waals surface area contributed by atoms with Crippen LogP contribution in [0.2, 0.25) is 0 Å². The zero-order chi connectivity index (χ0) is 11.7. The minimum Gasteiger partial charge on any atom is -0.476 e. The van der Waals surface area contributed by atoms with Crippen molar-refractivity contribution in [2.24, 2.45) is 0 Å². The molecular formula is C9H11N3O4. The van der Waals surface area contributed by atoms with Gasteiger partial charge in [-0.2, -0.15) is 5.10 Å². The Balaban J connectivity index is 2.45. The van der Waals surface area contributed by atoms with E-state index in [0.717, 1.165) is 25.7 Å². The largest absolute Gasteiger partial charge is 0.476 e. The minimum atomic E-state index is -1.34. The van der Waals surface area contributed by atoms with Gasteiger partial charge in [0.05, 0.1) is 4.92 Å². The molecule has 0 saturated heterocycles. The molecule has 0 amide bonds. The van der Waals surface area contributed by atoms with E-state index in [0.29, 0.717) is 5.69 Å².